The van der Waals surface area contributed by atoms with Crippen LogP contribution in [-0.4, -0.2) is 11.0 Å². The van der Waals surface area contributed by atoms with Crippen LogP contribution < -0.4 is 10.2 Å². The topological polar surface area (TPSA) is 111 Å². The van der Waals surface area contributed by atoms with Crippen molar-refractivity contribution in [2.24, 2.45) is 5.29 Å². The molecule has 0 fully saturated rings. The van der Waals surface area contributed by atoms with Gasteiger partial charge < -0.3 is 4.74 Å². The lowest BCUT2D eigenvalue weighted by molar-refractivity contribution is -0.385. The molecule has 1 rings (SSSR count). The molecule has 1 aromatic rings. The summed E-state index contributed by atoms with van der Waals surface area (Å²) < 4.78 is 4.46. The van der Waals surface area contributed by atoms with Crippen LogP contribution in [0.4, 0.5) is 10.5 Å². The summed E-state index contributed by atoms with van der Waals surface area (Å²) in [6.07, 6.45) is -1.18. The van der Waals surface area contributed by atoms with Crippen LogP contribution in [0.5, 0.6) is 5.75 Å². The Morgan fingerprint density at radius 3 is 2.73 bits per heavy atom. The van der Waals surface area contributed by atoms with E-state index in [4.69, 9.17) is 0 Å². The molecule has 0 aromatic heterocycles. The average molecular weight is 211 g/mol. The van der Waals surface area contributed by atoms with Gasteiger partial charge in [0.05, 0.1) is 10.2 Å². The summed E-state index contributed by atoms with van der Waals surface area (Å²) in [6.45, 7) is 0. The highest BCUT2D eigenvalue weighted by Crippen LogP contribution is 2.25. The van der Waals surface area contributed by atoms with Gasteiger partial charge in [-0.2, -0.15) is 5.43 Å². The molecule has 0 aliphatic rings. The zero-order chi connectivity index (χ0) is 11.3. The average Bonchev–Trinajstić information content (AvgIpc) is 2.18. The van der Waals surface area contributed by atoms with Crippen LogP contribution in [0.2, 0.25) is 0 Å². The molecule has 0 aliphatic heterocycles. The molecule has 8 nitrogen and oxygen atoms in total. The number of hydrogen-bond acceptors (Lipinski definition) is 6. The molecule has 0 atom stereocenters. The van der Waals surface area contributed by atoms with E-state index in [0.717, 1.165) is 6.07 Å². The minimum Gasteiger partial charge on any atom is -0.402 e. The third-order valence-electron chi connectivity index (χ3n) is 1.40. The van der Waals surface area contributed by atoms with Gasteiger partial charge in [-0.1, -0.05) is 12.1 Å². The smallest absolute Gasteiger partial charge is 0.402 e. The number of nitro benzene ring substituents is 1. The first-order valence-electron chi connectivity index (χ1n) is 3.68. The van der Waals surface area contributed by atoms with E-state index in [1.54, 1.807) is 0 Å². The van der Waals surface area contributed by atoms with Crippen LogP contribution in [0.1, 0.15) is 0 Å². The van der Waals surface area contributed by atoms with Crippen molar-refractivity contribution in [3.05, 3.63) is 39.3 Å². The highest BCUT2D eigenvalue weighted by molar-refractivity contribution is 5.71. The second-order valence-corrected chi connectivity index (χ2v) is 2.32. The van der Waals surface area contributed by atoms with Gasteiger partial charge in [0.15, 0.2) is 0 Å². The van der Waals surface area contributed by atoms with Crippen LogP contribution >= 0.6 is 0 Å². The number of amides is 1. The summed E-state index contributed by atoms with van der Waals surface area (Å²) in [5.74, 6) is -0.261. The summed E-state index contributed by atoms with van der Waals surface area (Å²) in [4.78, 5) is 30.1. The quantitative estimate of drug-likeness (QED) is 0.461. The van der Waals surface area contributed by atoms with Gasteiger partial charge in [-0.3, -0.25) is 10.1 Å². The summed E-state index contributed by atoms with van der Waals surface area (Å²) in [5.41, 5.74) is 1.07. The minimum absolute atomic E-state index is 0.261. The fourth-order valence-electron chi connectivity index (χ4n) is 0.854. The summed E-state index contributed by atoms with van der Waals surface area (Å²) >= 11 is 0. The SMILES string of the molecule is O=NNC(=O)Oc1ccccc1[N+](=O)[O-]. The summed E-state index contributed by atoms with van der Waals surface area (Å²) in [6, 6.07) is 5.25. The predicted octanol–water partition coefficient (Wildman–Crippen LogP) is 1.36. The van der Waals surface area contributed by atoms with E-state index in [0.29, 0.717) is 0 Å². The molecule has 0 saturated carbocycles. The Labute approximate surface area is 82.9 Å². The second kappa shape index (κ2) is 4.65. The molecule has 15 heavy (non-hydrogen) atoms. The molecule has 0 heterocycles. The zero-order valence-corrected chi connectivity index (χ0v) is 7.25. The number of para-hydroxylation sites is 2. The molecule has 0 saturated heterocycles. The van der Waals surface area contributed by atoms with Crippen molar-refractivity contribution in [2.75, 3.05) is 0 Å². The number of carbonyl (C=O) groups excluding carboxylic acids is 1. The second-order valence-electron chi connectivity index (χ2n) is 2.32. The summed E-state index contributed by atoms with van der Waals surface area (Å²) in [7, 11) is 0. The first-order valence-corrected chi connectivity index (χ1v) is 3.68. The van der Waals surface area contributed by atoms with E-state index in [1.807, 2.05) is 0 Å². The minimum atomic E-state index is -1.18. The largest absolute Gasteiger partial charge is 0.436 e. The van der Waals surface area contributed by atoms with E-state index < -0.39 is 11.0 Å². The van der Waals surface area contributed by atoms with Gasteiger partial charge in [-0.15, -0.1) is 4.91 Å². The van der Waals surface area contributed by atoms with Crippen LogP contribution in [0, 0.1) is 15.0 Å². The van der Waals surface area contributed by atoms with Crippen molar-refractivity contribution in [2.45, 2.75) is 0 Å². The van der Waals surface area contributed by atoms with Crippen molar-refractivity contribution >= 4 is 11.8 Å². The predicted molar refractivity (Wildman–Crippen MR) is 48.1 cm³/mol. The van der Waals surface area contributed by atoms with Crippen LogP contribution in [0.15, 0.2) is 29.6 Å². The number of ether oxygens (including phenoxy) is 1. The van der Waals surface area contributed by atoms with Crippen LogP contribution in [0.25, 0.3) is 0 Å². The molecule has 0 unspecified atom stereocenters. The number of nitro groups is 1. The van der Waals surface area contributed by atoms with E-state index in [2.05, 4.69) is 10.0 Å². The molecular weight excluding hydrogens is 206 g/mol. The Morgan fingerprint density at radius 2 is 2.13 bits per heavy atom. The lowest BCUT2D eigenvalue weighted by atomic mass is 10.3. The maximum atomic E-state index is 10.7. The van der Waals surface area contributed by atoms with Gasteiger partial charge in [0.2, 0.25) is 5.75 Å². The van der Waals surface area contributed by atoms with Gasteiger partial charge in [-0.05, 0) is 6.07 Å². The van der Waals surface area contributed by atoms with E-state index in [-0.39, 0.29) is 11.4 Å². The molecule has 0 radical (unpaired) electrons. The normalized spacial score (nSPS) is 9.07. The molecule has 1 N–H and O–H groups in total. The standard InChI is InChI=1S/C7H5N3O5/c11-7(8-9-12)15-6-4-2-1-3-5(6)10(13)14/h1-4H,(H,8,11,12). The maximum Gasteiger partial charge on any atom is 0.436 e. The third-order valence-corrected chi connectivity index (χ3v) is 1.40. The van der Waals surface area contributed by atoms with Gasteiger partial charge in [0, 0.05) is 6.07 Å². The molecule has 8 heteroatoms. The first-order chi connectivity index (χ1) is 7.15. The van der Waals surface area contributed by atoms with Gasteiger partial charge in [0.25, 0.3) is 0 Å². The lowest BCUT2D eigenvalue weighted by Crippen LogP contribution is -2.21. The van der Waals surface area contributed by atoms with E-state index >= 15 is 0 Å². The van der Waals surface area contributed by atoms with Crippen LogP contribution in [0.3, 0.4) is 0 Å². The molecule has 1 aromatic carbocycles. The molecule has 78 valence electrons. The Kier molecular flexibility index (Phi) is 3.28. The number of nitroso groups, excluding NO2 is 1. The number of nitrogens with zero attached hydrogens (tertiary/aromatic N) is 2. The number of benzene rings is 1. The van der Waals surface area contributed by atoms with Gasteiger partial charge >= 0.3 is 11.8 Å². The summed E-state index contributed by atoms with van der Waals surface area (Å²) in [5, 5.41) is 12.5. The monoisotopic (exact) mass is 211 g/mol. The van der Waals surface area contributed by atoms with Crippen LogP contribution in [-0.2, 0) is 0 Å². The highest BCUT2D eigenvalue weighted by atomic mass is 16.6. The Hall–Kier alpha value is -2.51. The molecule has 0 spiro atoms. The number of hydrogen-bond donors (Lipinski definition) is 1. The van der Waals surface area contributed by atoms with Crippen molar-refractivity contribution in [3.63, 3.8) is 0 Å². The first kappa shape index (κ1) is 10.6. The fraction of sp³-hybridized carbons (Fsp3) is 0. The Bertz CT molecular complexity index is 405. The zero-order valence-electron chi connectivity index (χ0n) is 7.25. The number of rotatable bonds is 3. The highest BCUT2D eigenvalue weighted by Gasteiger charge is 2.16. The van der Waals surface area contributed by atoms with Gasteiger partial charge in [-0.25, -0.2) is 4.79 Å². The van der Waals surface area contributed by atoms with Crippen molar-refractivity contribution in [3.8, 4) is 5.75 Å². The fourth-order valence-corrected chi connectivity index (χ4v) is 0.854. The number of nitrogens with one attached hydrogen (secondary N) is 1. The number of carbonyl (C=O) groups is 1. The molecule has 0 bridgehead atoms. The Balaban J connectivity index is 2.89. The molecular formula is C7H5N3O5. The van der Waals surface area contributed by atoms with E-state index in [9.17, 15) is 19.8 Å². The van der Waals surface area contributed by atoms with Crippen molar-refractivity contribution in [1.82, 2.24) is 5.43 Å². The van der Waals surface area contributed by atoms with Gasteiger partial charge in [0.1, 0.15) is 0 Å². The Morgan fingerprint density at radius 1 is 1.47 bits per heavy atom. The lowest BCUT2D eigenvalue weighted by Gasteiger charge is -2.01. The van der Waals surface area contributed by atoms with Crippen molar-refractivity contribution in [1.29, 1.82) is 0 Å². The maximum absolute atomic E-state index is 10.7. The third kappa shape index (κ3) is 2.72. The molecule has 0 aliphatic carbocycles. The molecule has 1 amide bonds. The van der Waals surface area contributed by atoms with E-state index in [1.165, 1.54) is 23.6 Å². The van der Waals surface area contributed by atoms with Crippen molar-refractivity contribution < 1.29 is 14.5 Å².